The summed E-state index contributed by atoms with van der Waals surface area (Å²) >= 11 is 1.72. The van der Waals surface area contributed by atoms with Gasteiger partial charge in [-0.05, 0) is 24.3 Å². The Balaban J connectivity index is 1.85. The van der Waals surface area contributed by atoms with Gasteiger partial charge in [-0.1, -0.05) is 18.2 Å². The number of aromatic nitrogens is 1. The quantitative estimate of drug-likeness (QED) is 0.250. The molecule has 1 heterocycles. The standard InChI is InChI=1S/C12H15N3OS/c13-15-11(16)6-3-7-17-12-8-9-4-1-2-5-10(9)14-12/h1-2,4-5,8,14H,3,6-7,13H2,(H,15,16). The lowest BCUT2D eigenvalue weighted by molar-refractivity contribution is -0.121. The number of nitrogens with two attached hydrogens (primary N) is 1. The summed E-state index contributed by atoms with van der Waals surface area (Å²) in [6.07, 6.45) is 1.30. The minimum atomic E-state index is -0.109. The summed E-state index contributed by atoms with van der Waals surface area (Å²) in [5, 5.41) is 2.36. The molecular formula is C12H15N3OS. The molecule has 0 atom stereocenters. The van der Waals surface area contributed by atoms with Gasteiger partial charge >= 0.3 is 0 Å². The van der Waals surface area contributed by atoms with Crippen LogP contribution in [0.4, 0.5) is 0 Å². The molecule has 0 spiro atoms. The van der Waals surface area contributed by atoms with E-state index in [1.54, 1.807) is 11.8 Å². The number of hydrazine groups is 1. The fourth-order valence-electron chi connectivity index (χ4n) is 1.61. The van der Waals surface area contributed by atoms with Crippen LogP contribution in [0.2, 0.25) is 0 Å². The molecule has 0 aliphatic heterocycles. The van der Waals surface area contributed by atoms with Gasteiger partial charge < -0.3 is 4.98 Å². The molecule has 1 amide bonds. The van der Waals surface area contributed by atoms with E-state index in [9.17, 15) is 4.79 Å². The van der Waals surface area contributed by atoms with Crippen molar-refractivity contribution in [3.63, 3.8) is 0 Å². The Bertz CT molecular complexity index is 476. The van der Waals surface area contributed by atoms with Gasteiger partial charge in [0.25, 0.3) is 0 Å². The van der Waals surface area contributed by atoms with Gasteiger partial charge in [0.2, 0.25) is 5.91 Å². The maximum absolute atomic E-state index is 10.9. The largest absolute Gasteiger partial charge is 0.350 e. The highest BCUT2D eigenvalue weighted by Crippen LogP contribution is 2.23. The van der Waals surface area contributed by atoms with Crippen LogP contribution in [0.3, 0.4) is 0 Å². The van der Waals surface area contributed by atoms with Crippen molar-refractivity contribution in [3.05, 3.63) is 30.3 Å². The van der Waals surface area contributed by atoms with E-state index >= 15 is 0 Å². The van der Waals surface area contributed by atoms with Gasteiger partial charge in [0.15, 0.2) is 0 Å². The third-order valence-electron chi connectivity index (χ3n) is 2.47. The molecule has 0 aliphatic rings. The van der Waals surface area contributed by atoms with Crippen molar-refractivity contribution < 1.29 is 4.79 Å². The van der Waals surface area contributed by atoms with Gasteiger partial charge in [0.05, 0.1) is 5.03 Å². The van der Waals surface area contributed by atoms with Crippen molar-refractivity contribution in [2.75, 3.05) is 5.75 Å². The fourth-order valence-corrected chi connectivity index (χ4v) is 2.51. The predicted octanol–water partition coefficient (Wildman–Crippen LogP) is 2.03. The number of carbonyl (C=O) groups is 1. The Kier molecular flexibility index (Phi) is 4.06. The third-order valence-corrected chi connectivity index (χ3v) is 3.50. The summed E-state index contributed by atoms with van der Waals surface area (Å²) < 4.78 is 0. The van der Waals surface area contributed by atoms with Crippen molar-refractivity contribution in [2.45, 2.75) is 17.9 Å². The molecule has 2 aromatic rings. The average molecular weight is 249 g/mol. The van der Waals surface area contributed by atoms with Crippen molar-refractivity contribution in [1.82, 2.24) is 10.4 Å². The number of hydrogen-bond donors (Lipinski definition) is 3. The predicted molar refractivity (Wildman–Crippen MR) is 70.6 cm³/mol. The molecule has 90 valence electrons. The molecule has 0 unspecified atom stereocenters. The molecular weight excluding hydrogens is 234 g/mol. The van der Waals surface area contributed by atoms with Gasteiger partial charge in [0.1, 0.15) is 0 Å². The van der Waals surface area contributed by atoms with Crippen LogP contribution in [0, 0.1) is 0 Å². The minimum Gasteiger partial charge on any atom is -0.350 e. The number of fused-ring (bicyclic) bond motifs is 1. The molecule has 5 heteroatoms. The van der Waals surface area contributed by atoms with E-state index in [4.69, 9.17) is 5.84 Å². The Morgan fingerprint density at radius 2 is 2.24 bits per heavy atom. The van der Waals surface area contributed by atoms with Crippen molar-refractivity contribution in [2.24, 2.45) is 5.84 Å². The molecule has 17 heavy (non-hydrogen) atoms. The molecule has 4 nitrogen and oxygen atoms in total. The van der Waals surface area contributed by atoms with Gasteiger partial charge in [-0.3, -0.25) is 10.2 Å². The number of para-hydroxylation sites is 1. The monoisotopic (exact) mass is 249 g/mol. The lowest BCUT2D eigenvalue weighted by Gasteiger charge is -1.98. The summed E-state index contributed by atoms with van der Waals surface area (Å²) in [5.41, 5.74) is 3.28. The first-order valence-electron chi connectivity index (χ1n) is 5.49. The number of rotatable bonds is 5. The number of thioether (sulfide) groups is 1. The Hall–Kier alpha value is -1.46. The first kappa shape index (κ1) is 12.0. The van der Waals surface area contributed by atoms with Crippen molar-refractivity contribution in [1.29, 1.82) is 0 Å². The van der Waals surface area contributed by atoms with E-state index in [0.717, 1.165) is 22.7 Å². The third kappa shape index (κ3) is 3.25. The zero-order valence-electron chi connectivity index (χ0n) is 9.40. The van der Waals surface area contributed by atoms with Crippen LogP contribution in [-0.4, -0.2) is 16.6 Å². The highest BCUT2D eigenvalue weighted by molar-refractivity contribution is 7.99. The lowest BCUT2D eigenvalue weighted by atomic mass is 10.3. The van der Waals surface area contributed by atoms with Crippen LogP contribution >= 0.6 is 11.8 Å². The minimum absolute atomic E-state index is 0.109. The number of H-pyrrole nitrogens is 1. The summed E-state index contributed by atoms with van der Waals surface area (Å²) in [7, 11) is 0. The lowest BCUT2D eigenvalue weighted by Crippen LogP contribution is -2.29. The summed E-state index contributed by atoms with van der Waals surface area (Å²) in [6.45, 7) is 0. The number of aromatic amines is 1. The zero-order chi connectivity index (χ0) is 12.1. The second kappa shape index (κ2) is 5.75. The summed E-state index contributed by atoms with van der Waals surface area (Å²) in [6, 6.07) is 10.3. The van der Waals surface area contributed by atoms with Gasteiger partial charge in [-0.2, -0.15) is 0 Å². The van der Waals surface area contributed by atoms with Gasteiger partial charge in [0, 0.05) is 17.3 Å². The molecule has 0 saturated heterocycles. The first-order valence-corrected chi connectivity index (χ1v) is 6.48. The van der Waals surface area contributed by atoms with Gasteiger partial charge in [-0.25, -0.2) is 5.84 Å². The van der Waals surface area contributed by atoms with Crippen LogP contribution in [0.25, 0.3) is 10.9 Å². The number of hydrogen-bond acceptors (Lipinski definition) is 3. The van der Waals surface area contributed by atoms with E-state index in [1.165, 1.54) is 5.39 Å². The number of benzene rings is 1. The van der Waals surface area contributed by atoms with E-state index in [2.05, 4.69) is 28.6 Å². The molecule has 0 saturated carbocycles. The first-order chi connectivity index (χ1) is 8.29. The second-order valence-corrected chi connectivity index (χ2v) is 4.88. The Morgan fingerprint density at radius 1 is 1.41 bits per heavy atom. The van der Waals surface area contributed by atoms with E-state index < -0.39 is 0 Å². The van der Waals surface area contributed by atoms with Crippen LogP contribution in [0.15, 0.2) is 35.4 Å². The van der Waals surface area contributed by atoms with Crippen LogP contribution in [0.1, 0.15) is 12.8 Å². The van der Waals surface area contributed by atoms with Crippen LogP contribution in [0.5, 0.6) is 0 Å². The summed E-state index contributed by atoms with van der Waals surface area (Å²) in [4.78, 5) is 14.2. The van der Waals surface area contributed by atoms with Crippen LogP contribution in [-0.2, 0) is 4.79 Å². The number of carbonyl (C=O) groups excluding carboxylic acids is 1. The normalized spacial score (nSPS) is 10.6. The molecule has 0 radical (unpaired) electrons. The van der Waals surface area contributed by atoms with E-state index in [-0.39, 0.29) is 5.91 Å². The van der Waals surface area contributed by atoms with Crippen molar-refractivity contribution in [3.8, 4) is 0 Å². The van der Waals surface area contributed by atoms with E-state index in [1.807, 2.05) is 12.1 Å². The summed E-state index contributed by atoms with van der Waals surface area (Å²) in [5.74, 6) is 5.80. The highest BCUT2D eigenvalue weighted by Gasteiger charge is 2.02. The molecule has 0 aliphatic carbocycles. The zero-order valence-corrected chi connectivity index (χ0v) is 10.2. The topological polar surface area (TPSA) is 70.9 Å². The maximum atomic E-state index is 10.9. The number of amides is 1. The molecule has 0 bridgehead atoms. The van der Waals surface area contributed by atoms with Gasteiger partial charge in [-0.15, -0.1) is 11.8 Å². The smallest absolute Gasteiger partial charge is 0.233 e. The number of nitrogens with one attached hydrogen (secondary N) is 2. The molecule has 0 fully saturated rings. The molecule has 1 aromatic carbocycles. The maximum Gasteiger partial charge on any atom is 0.233 e. The average Bonchev–Trinajstić information content (AvgIpc) is 2.76. The second-order valence-electron chi connectivity index (χ2n) is 3.74. The SMILES string of the molecule is NNC(=O)CCCSc1cc2ccccc2[nH]1. The Morgan fingerprint density at radius 3 is 3.00 bits per heavy atom. The highest BCUT2D eigenvalue weighted by atomic mass is 32.2. The molecule has 4 N–H and O–H groups in total. The molecule has 1 aromatic heterocycles. The van der Waals surface area contributed by atoms with E-state index in [0.29, 0.717) is 6.42 Å². The Labute approximate surface area is 104 Å². The fraction of sp³-hybridized carbons (Fsp3) is 0.250. The van der Waals surface area contributed by atoms with Crippen molar-refractivity contribution >= 4 is 28.6 Å². The molecule has 2 rings (SSSR count). The van der Waals surface area contributed by atoms with Crippen LogP contribution < -0.4 is 11.3 Å².